The Morgan fingerprint density at radius 1 is 1.00 bits per heavy atom. The minimum Gasteiger partial charge on any atom is -0.355 e. The predicted molar refractivity (Wildman–Crippen MR) is 90.4 cm³/mol. The van der Waals surface area contributed by atoms with E-state index in [9.17, 15) is 4.79 Å². The number of amides is 1. The van der Waals surface area contributed by atoms with Crippen molar-refractivity contribution in [2.75, 3.05) is 6.54 Å². The van der Waals surface area contributed by atoms with Crippen LogP contribution in [0.1, 0.15) is 18.1 Å². The lowest BCUT2D eigenvalue weighted by Gasteiger charge is -2.12. The van der Waals surface area contributed by atoms with Crippen molar-refractivity contribution in [2.24, 2.45) is 0 Å². The molecule has 2 aromatic carbocycles. The predicted octanol–water partition coefficient (Wildman–Crippen LogP) is 3.67. The molecule has 2 rings (SSSR count). The maximum Gasteiger partial charge on any atom is 0.232 e. The summed E-state index contributed by atoms with van der Waals surface area (Å²) in [7, 11) is 0. The number of thioether (sulfide) groups is 1. The Morgan fingerprint density at radius 2 is 1.57 bits per heavy atom. The summed E-state index contributed by atoms with van der Waals surface area (Å²) in [5, 5.41) is 2.98. The summed E-state index contributed by atoms with van der Waals surface area (Å²) in [5.41, 5.74) is 2.51. The lowest BCUT2D eigenvalue weighted by molar-refractivity contribution is -0.120. The highest BCUT2D eigenvalue weighted by Crippen LogP contribution is 2.17. The fourth-order valence-electron chi connectivity index (χ4n) is 1.99. The van der Waals surface area contributed by atoms with Crippen LogP contribution in [-0.2, 0) is 17.0 Å². The van der Waals surface area contributed by atoms with Crippen molar-refractivity contribution >= 4 is 17.7 Å². The van der Waals surface area contributed by atoms with Gasteiger partial charge in [0.2, 0.25) is 5.91 Å². The Bertz CT molecular complexity index is 542. The standard InChI is InChI=1S/C18H21NOS/c1-15(21-14-17-10-6-3-7-11-17)18(20)19-13-12-16-8-4-2-5-9-16/h2-11,15H,12-14H2,1H3,(H,19,20)/t15-/m1/s1. The molecule has 0 fully saturated rings. The summed E-state index contributed by atoms with van der Waals surface area (Å²) in [4.78, 5) is 12.0. The molecule has 0 radical (unpaired) electrons. The van der Waals surface area contributed by atoms with Crippen LogP contribution in [-0.4, -0.2) is 17.7 Å². The van der Waals surface area contributed by atoms with Crippen LogP contribution in [0.25, 0.3) is 0 Å². The maximum atomic E-state index is 12.0. The molecule has 0 spiro atoms. The van der Waals surface area contributed by atoms with Crippen molar-refractivity contribution in [3.8, 4) is 0 Å². The van der Waals surface area contributed by atoms with Gasteiger partial charge in [-0.3, -0.25) is 4.79 Å². The molecule has 110 valence electrons. The maximum absolute atomic E-state index is 12.0. The zero-order valence-electron chi connectivity index (χ0n) is 12.3. The highest BCUT2D eigenvalue weighted by atomic mass is 32.2. The Kier molecular flexibility index (Phi) is 6.35. The van der Waals surface area contributed by atoms with E-state index < -0.39 is 0 Å². The SMILES string of the molecule is C[C@@H](SCc1ccccc1)C(=O)NCCc1ccccc1. The van der Waals surface area contributed by atoms with Crippen molar-refractivity contribution in [2.45, 2.75) is 24.3 Å². The van der Waals surface area contributed by atoms with Crippen LogP contribution < -0.4 is 5.32 Å². The molecule has 21 heavy (non-hydrogen) atoms. The molecule has 0 saturated carbocycles. The van der Waals surface area contributed by atoms with Gasteiger partial charge < -0.3 is 5.32 Å². The first kappa shape index (κ1) is 15.6. The molecular formula is C18H21NOS. The monoisotopic (exact) mass is 299 g/mol. The van der Waals surface area contributed by atoms with Gasteiger partial charge in [0, 0.05) is 12.3 Å². The Hall–Kier alpha value is -1.74. The van der Waals surface area contributed by atoms with Gasteiger partial charge in [-0.15, -0.1) is 11.8 Å². The van der Waals surface area contributed by atoms with Gasteiger partial charge in [-0.2, -0.15) is 0 Å². The summed E-state index contributed by atoms with van der Waals surface area (Å²) in [6, 6.07) is 20.5. The number of nitrogens with one attached hydrogen (secondary N) is 1. The zero-order valence-corrected chi connectivity index (χ0v) is 13.1. The third kappa shape index (κ3) is 5.64. The van der Waals surface area contributed by atoms with Gasteiger partial charge in [-0.25, -0.2) is 0 Å². The van der Waals surface area contributed by atoms with Gasteiger partial charge in [0.1, 0.15) is 0 Å². The van der Waals surface area contributed by atoms with Gasteiger partial charge in [0.25, 0.3) is 0 Å². The largest absolute Gasteiger partial charge is 0.355 e. The van der Waals surface area contributed by atoms with Crippen LogP contribution in [0.5, 0.6) is 0 Å². The van der Waals surface area contributed by atoms with E-state index in [-0.39, 0.29) is 11.2 Å². The van der Waals surface area contributed by atoms with Crippen LogP contribution >= 0.6 is 11.8 Å². The summed E-state index contributed by atoms with van der Waals surface area (Å²) in [6.45, 7) is 2.66. The third-order valence-corrected chi connectivity index (χ3v) is 4.48. The summed E-state index contributed by atoms with van der Waals surface area (Å²) < 4.78 is 0. The van der Waals surface area contributed by atoms with Gasteiger partial charge in [-0.05, 0) is 24.5 Å². The fourth-order valence-corrected chi connectivity index (χ4v) is 2.86. The lowest BCUT2D eigenvalue weighted by atomic mass is 10.1. The minimum absolute atomic E-state index is 0.0269. The van der Waals surface area contributed by atoms with E-state index in [1.807, 2.05) is 43.3 Å². The Balaban J connectivity index is 1.68. The van der Waals surface area contributed by atoms with Gasteiger partial charge in [0.05, 0.1) is 5.25 Å². The van der Waals surface area contributed by atoms with E-state index >= 15 is 0 Å². The number of hydrogen-bond donors (Lipinski definition) is 1. The summed E-state index contributed by atoms with van der Waals surface area (Å²) in [5.74, 6) is 0.987. The highest BCUT2D eigenvalue weighted by molar-refractivity contribution is 7.99. The molecule has 0 aliphatic heterocycles. The fraction of sp³-hybridized carbons (Fsp3) is 0.278. The molecule has 1 atom stereocenters. The van der Waals surface area contributed by atoms with Crippen molar-refractivity contribution in [1.82, 2.24) is 5.32 Å². The molecule has 0 aromatic heterocycles. The van der Waals surface area contributed by atoms with E-state index in [0.29, 0.717) is 6.54 Å². The molecule has 0 aliphatic rings. The molecule has 3 heteroatoms. The van der Waals surface area contributed by atoms with Crippen LogP contribution in [0.3, 0.4) is 0 Å². The van der Waals surface area contributed by atoms with E-state index in [2.05, 4.69) is 29.6 Å². The third-order valence-electron chi connectivity index (χ3n) is 3.27. The highest BCUT2D eigenvalue weighted by Gasteiger charge is 2.12. The molecule has 1 amide bonds. The van der Waals surface area contributed by atoms with Crippen molar-refractivity contribution in [1.29, 1.82) is 0 Å². The Labute approximate surface area is 131 Å². The van der Waals surface area contributed by atoms with Crippen LogP contribution in [0.4, 0.5) is 0 Å². The molecule has 0 heterocycles. The second kappa shape index (κ2) is 8.53. The van der Waals surface area contributed by atoms with E-state index in [0.717, 1.165) is 12.2 Å². The second-order valence-electron chi connectivity index (χ2n) is 4.97. The normalized spacial score (nSPS) is 11.9. The average Bonchev–Trinajstić information content (AvgIpc) is 2.54. The molecule has 0 saturated heterocycles. The van der Waals surface area contributed by atoms with Crippen LogP contribution in [0.2, 0.25) is 0 Å². The van der Waals surface area contributed by atoms with Gasteiger partial charge in [0.15, 0.2) is 0 Å². The molecule has 2 nitrogen and oxygen atoms in total. The number of carbonyl (C=O) groups is 1. The topological polar surface area (TPSA) is 29.1 Å². The van der Waals surface area contributed by atoms with E-state index in [1.54, 1.807) is 11.8 Å². The summed E-state index contributed by atoms with van der Waals surface area (Å²) in [6.07, 6.45) is 0.878. The van der Waals surface area contributed by atoms with Crippen molar-refractivity contribution in [3.05, 3.63) is 71.8 Å². The first-order chi connectivity index (χ1) is 10.3. The molecule has 1 N–H and O–H groups in total. The number of benzene rings is 2. The smallest absolute Gasteiger partial charge is 0.232 e. The first-order valence-corrected chi connectivity index (χ1v) is 8.28. The van der Waals surface area contributed by atoms with Crippen LogP contribution in [0.15, 0.2) is 60.7 Å². The van der Waals surface area contributed by atoms with Crippen molar-refractivity contribution < 1.29 is 4.79 Å². The van der Waals surface area contributed by atoms with Crippen molar-refractivity contribution in [3.63, 3.8) is 0 Å². The van der Waals surface area contributed by atoms with E-state index in [4.69, 9.17) is 0 Å². The van der Waals surface area contributed by atoms with Crippen LogP contribution in [0, 0.1) is 0 Å². The number of rotatable bonds is 7. The lowest BCUT2D eigenvalue weighted by Crippen LogP contribution is -2.32. The summed E-state index contributed by atoms with van der Waals surface area (Å²) >= 11 is 1.67. The molecule has 0 aliphatic carbocycles. The van der Waals surface area contributed by atoms with Gasteiger partial charge >= 0.3 is 0 Å². The first-order valence-electron chi connectivity index (χ1n) is 7.23. The Morgan fingerprint density at radius 3 is 2.19 bits per heavy atom. The average molecular weight is 299 g/mol. The molecule has 0 unspecified atom stereocenters. The quantitative estimate of drug-likeness (QED) is 0.845. The number of hydrogen-bond acceptors (Lipinski definition) is 2. The molecule has 2 aromatic rings. The minimum atomic E-state index is -0.0269. The van der Waals surface area contributed by atoms with Gasteiger partial charge in [-0.1, -0.05) is 60.7 Å². The van der Waals surface area contributed by atoms with E-state index in [1.165, 1.54) is 11.1 Å². The molecular weight excluding hydrogens is 278 g/mol. The molecule has 0 bridgehead atoms. The number of carbonyl (C=O) groups excluding carboxylic acids is 1. The zero-order chi connectivity index (χ0) is 14.9. The second-order valence-corrected chi connectivity index (χ2v) is 6.29.